The highest BCUT2D eigenvalue weighted by atomic mass is 35.5. The van der Waals surface area contributed by atoms with E-state index in [-0.39, 0.29) is 12.4 Å². The summed E-state index contributed by atoms with van der Waals surface area (Å²) in [7, 11) is 1.36. The number of nitrogens with zero attached hydrogens (tertiary/aromatic N) is 1. The van der Waals surface area contributed by atoms with E-state index in [4.69, 9.17) is 11.6 Å². The molecule has 0 saturated carbocycles. The number of fused-ring (bicyclic) bond motifs is 1. The van der Waals surface area contributed by atoms with Crippen LogP contribution >= 0.6 is 11.6 Å². The maximum Gasteiger partial charge on any atom is 0.311 e. The van der Waals surface area contributed by atoms with Crippen LogP contribution in [-0.2, 0) is 16.0 Å². The molecule has 2 aromatic rings. The number of H-pyrrole nitrogens is 1. The van der Waals surface area contributed by atoms with Gasteiger partial charge in [-0.2, -0.15) is 5.10 Å². The Balaban J connectivity index is 2.41. The van der Waals surface area contributed by atoms with Crippen LogP contribution in [0, 0.1) is 0 Å². The van der Waals surface area contributed by atoms with Crippen LogP contribution in [-0.4, -0.2) is 23.3 Å². The quantitative estimate of drug-likeness (QED) is 0.793. The number of methoxy groups -OCH3 is 1. The molecule has 0 fully saturated rings. The van der Waals surface area contributed by atoms with Gasteiger partial charge in [0.15, 0.2) is 0 Å². The lowest BCUT2D eigenvalue weighted by atomic mass is 10.2. The Morgan fingerprint density at radius 1 is 1.60 bits per heavy atom. The Hall–Kier alpha value is -1.55. The van der Waals surface area contributed by atoms with E-state index in [1.54, 1.807) is 12.1 Å². The van der Waals surface area contributed by atoms with E-state index in [9.17, 15) is 4.79 Å². The molecule has 0 amide bonds. The van der Waals surface area contributed by atoms with Crippen molar-refractivity contribution in [2.75, 3.05) is 7.11 Å². The molecule has 1 N–H and O–H groups in total. The molecule has 0 saturated heterocycles. The number of nitrogens with one attached hydrogen (secondary N) is 1. The number of hydrogen-bond donors (Lipinski definition) is 1. The summed E-state index contributed by atoms with van der Waals surface area (Å²) in [6.45, 7) is 0. The lowest BCUT2D eigenvalue weighted by Crippen LogP contribution is -2.04. The Morgan fingerprint density at radius 2 is 2.40 bits per heavy atom. The number of benzene rings is 1. The first-order valence-corrected chi connectivity index (χ1v) is 4.78. The average Bonchev–Trinajstić information content (AvgIpc) is 2.60. The van der Waals surface area contributed by atoms with Gasteiger partial charge in [-0.1, -0.05) is 11.6 Å². The third-order valence-electron chi connectivity index (χ3n) is 2.14. The van der Waals surface area contributed by atoms with Gasteiger partial charge in [-0.25, -0.2) is 0 Å². The van der Waals surface area contributed by atoms with E-state index in [0.29, 0.717) is 5.02 Å². The van der Waals surface area contributed by atoms with Gasteiger partial charge in [0.1, 0.15) is 0 Å². The minimum absolute atomic E-state index is 0.189. The number of esters is 1. The first kappa shape index (κ1) is 9.98. The minimum Gasteiger partial charge on any atom is -0.469 e. The van der Waals surface area contributed by atoms with Crippen LogP contribution < -0.4 is 0 Å². The monoisotopic (exact) mass is 224 g/mol. The van der Waals surface area contributed by atoms with Crippen molar-refractivity contribution in [3.05, 3.63) is 28.9 Å². The molecule has 0 spiro atoms. The van der Waals surface area contributed by atoms with Crippen molar-refractivity contribution in [3.63, 3.8) is 0 Å². The predicted octanol–water partition coefficient (Wildman–Crippen LogP) is 1.93. The number of carbonyl (C=O) groups excluding carboxylic acids is 1. The fourth-order valence-electron chi connectivity index (χ4n) is 1.39. The summed E-state index contributed by atoms with van der Waals surface area (Å²) in [6, 6.07) is 5.34. The number of ether oxygens (including phenoxy) is 1. The summed E-state index contributed by atoms with van der Waals surface area (Å²) in [6.07, 6.45) is 0.189. The fraction of sp³-hybridized carbons (Fsp3) is 0.200. The molecule has 0 bridgehead atoms. The SMILES string of the molecule is COC(=O)Cc1[nH]nc2cc(Cl)ccc12. The number of carbonyl (C=O) groups is 1. The minimum atomic E-state index is -0.296. The van der Waals surface area contributed by atoms with Gasteiger partial charge in [0.2, 0.25) is 0 Å². The number of halogens is 1. The molecule has 78 valence electrons. The summed E-state index contributed by atoms with van der Waals surface area (Å²) in [5.74, 6) is -0.296. The van der Waals surface area contributed by atoms with Gasteiger partial charge in [-0.05, 0) is 18.2 Å². The van der Waals surface area contributed by atoms with Crippen molar-refractivity contribution < 1.29 is 9.53 Å². The van der Waals surface area contributed by atoms with Crippen LogP contribution in [0.3, 0.4) is 0 Å². The molecule has 0 aliphatic carbocycles. The third kappa shape index (κ3) is 1.94. The van der Waals surface area contributed by atoms with Gasteiger partial charge in [0.25, 0.3) is 0 Å². The molecular formula is C10H9ClN2O2. The zero-order valence-corrected chi connectivity index (χ0v) is 8.84. The Labute approximate surface area is 91.2 Å². The van der Waals surface area contributed by atoms with E-state index >= 15 is 0 Å². The molecule has 0 radical (unpaired) electrons. The van der Waals surface area contributed by atoms with Crippen molar-refractivity contribution in [2.45, 2.75) is 6.42 Å². The summed E-state index contributed by atoms with van der Waals surface area (Å²) in [5, 5.41) is 8.36. The van der Waals surface area contributed by atoms with Gasteiger partial charge >= 0.3 is 5.97 Å². The van der Waals surface area contributed by atoms with E-state index in [0.717, 1.165) is 16.6 Å². The Morgan fingerprint density at radius 3 is 3.13 bits per heavy atom. The van der Waals surface area contributed by atoms with Gasteiger partial charge in [0, 0.05) is 10.4 Å². The first-order chi connectivity index (χ1) is 7.20. The first-order valence-electron chi connectivity index (χ1n) is 4.40. The highest BCUT2D eigenvalue weighted by Gasteiger charge is 2.09. The predicted molar refractivity (Wildman–Crippen MR) is 56.8 cm³/mol. The van der Waals surface area contributed by atoms with Crippen molar-refractivity contribution >= 4 is 28.5 Å². The zero-order chi connectivity index (χ0) is 10.8. The molecule has 4 nitrogen and oxygen atoms in total. The van der Waals surface area contributed by atoms with Crippen LogP contribution in [0.5, 0.6) is 0 Å². The fourth-order valence-corrected chi connectivity index (χ4v) is 1.56. The summed E-state index contributed by atoms with van der Waals surface area (Å²) in [4.78, 5) is 11.1. The summed E-state index contributed by atoms with van der Waals surface area (Å²) >= 11 is 5.82. The molecule has 0 unspecified atom stereocenters. The van der Waals surface area contributed by atoms with Crippen LogP contribution in [0.2, 0.25) is 5.02 Å². The highest BCUT2D eigenvalue weighted by molar-refractivity contribution is 6.31. The van der Waals surface area contributed by atoms with Gasteiger partial charge in [0.05, 0.1) is 24.7 Å². The molecule has 5 heteroatoms. The Kier molecular flexibility index (Phi) is 2.60. The molecular weight excluding hydrogens is 216 g/mol. The van der Waals surface area contributed by atoms with Gasteiger partial charge < -0.3 is 4.74 Å². The number of aromatic nitrogens is 2. The van der Waals surface area contributed by atoms with Crippen LogP contribution in [0.4, 0.5) is 0 Å². The number of rotatable bonds is 2. The zero-order valence-electron chi connectivity index (χ0n) is 8.08. The van der Waals surface area contributed by atoms with E-state index in [1.807, 2.05) is 6.07 Å². The molecule has 2 rings (SSSR count). The maximum absolute atomic E-state index is 11.1. The van der Waals surface area contributed by atoms with E-state index in [2.05, 4.69) is 14.9 Å². The topological polar surface area (TPSA) is 55.0 Å². The average molecular weight is 225 g/mol. The lowest BCUT2D eigenvalue weighted by Gasteiger charge is -1.96. The van der Waals surface area contributed by atoms with E-state index in [1.165, 1.54) is 7.11 Å². The van der Waals surface area contributed by atoms with Crippen molar-refractivity contribution in [2.24, 2.45) is 0 Å². The number of aromatic amines is 1. The molecule has 1 heterocycles. The van der Waals surface area contributed by atoms with Crippen LogP contribution in [0.15, 0.2) is 18.2 Å². The van der Waals surface area contributed by atoms with E-state index < -0.39 is 0 Å². The molecule has 1 aromatic carbocycles. The molecule has 0 aliphatic rings. The van der Waals surface area contributed by atoms with Crippen LogP contribution in [0.25, 0.3) is 10.9 Å². The molecule has 15 heavy (non-hydrogen) atoms. The molecule has 1 aromatic heterocycles. The second kappa shape index (κ2) is 3.90. The second-order valence-corrected chi connectivity index (χ2v) is 3.55. The van der Waals surface area contributed by atoms with Crippen molar-refractivity contribution in [1.29, 1.82) is 0 Å². The maximum atomic E-state index is 11.1. The third-order valence-corrected chi connectivity index (χ3v) is 2.38. The highest BCUT2D eigenvalue weighted by Crippen LogP contribution is 2.20. The van der Waals surface area contributed by atoms with Crippen LogP contribution in [0.1, 0.15) is 5.69 Å². The largest absolute Gasteiger partial charge is 0.469 e. The molecule has 0 atom stereocenters. The summed E-state index contributed by atoms with van der Waals surface area (Å²) in [5.41, 5.74) is 1.50. The Bertz CT molecular complexity index is 507. The normalized spacial score (nSPS) is 10.5. The van der Waals surface area contributed by atoms with Crippen molar-refractivity contribution in [3.8, 4) is 0 Å². The van der Waals surface area contributed by atoms with Gasteiger partial charge in [-0.3, -0.25) is 9.89 Å². The smallest absolute Gasteiger partial charge is 0.311 e. The molecule has 0 aliphatic heterocycles. The lowest BCUT2D eigenvalue weighted by molar-refractivity contribution is -0.139. The number of hydrogen-bond acceptors (Lipinski definition) is 3. The van der Waals surface area contributed by atoms with Crippen molar-refractivity contribution in [1.82, 2.24) is 10.2 Å². The summed E-state index contributed by atoms with van der Waals surface area (Å²) < 4.78 is 4.58. The second-order valence-electron chi connectivity index (χ2n) is 3.12. The van der Waals surface area contributed by atoms with Gasteiger partial charge in [-0.15, -0.1) is 0 Å². The standard InChI is InChI=1S/C10H9ClN2O2/c1-15-10(14)5-9-7-3-2-6(11)4-8(7)12-13-9/h2-4H,5H2,1H3,(H,12,13).